The van der Waals surface area contributed by atoms with Crippen LogP contribution in [-0.2, 0) is 4.79 Å². The van der Waals surface area contributed by atoms with Gasteiger partial charge in [-0.3, -0.25) is 4.79 Å². The Morgan fingerprint density at radius 2 is 2.06 bits per heavy atom. The molecule has 0 bridgehead atoms. The summed E-state index contributed by atoms with van der Waals surface area (Å²) in [4.78, 5) is 11.8. The van der Waals surface area contributed by atoms with Crippen LogP contribution < -0.4 is 5.32 Å². The molecule has 3 heteroatoms. The van der Waals surface area contributed by atoms with E-state index in [4.69, 9.17) is 11.6 Å². The molecule has 0 aromatic heterocycles. The fraction of sp³-hybridized carbons (Fsp3) is 0.357. The summed E-state index contributed by atoms with van der Waals surface area (Å²) in [6.45, 7) is 3.68. The number of piperidine rings is 1. The molecule has 0 spiro atoms. The molecule has 2 rings (SSSR count). The summed E-state index contributed by atoms with van der Waals surface area (Å²) in [6, 6.07) is 7.79. The van der Waals surface area contributed by atoms with E-state index < -0.39 is 0 Å². The van der Waals surface area contributed by atoms with E-state index in [1.54, 1.807) is 0 Å². The summed E-state index contributed by atoms with van der Waals surface area (Å²) in [5, 5.41) is 3.78. The second kappa shape index (κ2) is 5.37. The van der Waals surface area contributed by atoms with Gasteiger partial charge >= 0.3 is 0 Å². The molecule has 1 amide bonds. The summed E-state index contributed by atoms with van der Waals surface area (Å²) in [7, 11) is 0. The third-order valence-corrected chi connectivity index (χ3v) is 3.47. The van der Waals surface area contributed by atoms with Crippen molar-refractivity contribution >= 4 is 17.5 Å². The molecule has 1 aliphatic rings. The first kappa shape index (κ1) is 12.2. The van der Waals surface area contributed by atoms with Gasteiger partial charge in [-0.15, -0.1) is 6.58 Å². The SMILES string of the molecule is C=CCC1CCC(c2ccc(Cl)cc2)NC1=O. The minimum absolute atomic E-state index is 0.0936. The van der Waals surface area contributed by atoms with Crippen molar-refractivity contribution in [2.24, 2.45) is 5.92 Å². The molecule has 2 atom stereocenters. The van der Waals surface area contributed by atoms with Gasteiger partial charge in [0.2, 0.25) is 5.91 Å². The number of rotatable bonds is 3. The van der Waals surface area contributed by atoms with Crippen LogP contribution in [0.4, 0.5) is 0 Å². The molecule has 17 heavy (non-hydrogen) atoms. The van der Waals surface area contributed by atoms with Crippen molar-refractivity contribution in [2.45, 2.75) is 25.3 Å². The fourth-order valence-electron chi connectivity index (χ4n) is 2.23. The van der Waals surface area contributed by atoms with Crippen LogP contribution in [0.5, 0.6) is 0 Å². The largest absolute Gasteiger partial charge is 0.349 e. The van der Waals surface area contributed by atoms with E-state index in [9.17, 15) is 4.79 Å². The number of hydrogen-bond acceptors (Lipinski definition) is 1. The molecule has 1 N–H and O–H groups in total. The van der Waals surface area contributed by atoms with E-state index >= 15 is 0 Å². The summed E-state index contributed by atoms with van der Waals surface area (Å²) in [5.41, 5.74) is 1.12. The monoisotopic (exact) mass is 249 g/mol. The fourth-order valence-corrected chi connectivity index (χ4v) is 2.36. The van der Waals surface area contributed by atoms with Crippen LogP contribution in [0.15, 0.2) is 36.9 Å². The molecule has 90 valence electrons. The maximum absolute atomic E-state index is 11.8. The number of allylic oxidation sites excluding steroid dienone is 1. The van der Waals surface area contributed by atoms with E-state index in [1.807, 2.05) is 30.3 Å². The second-order valence-electron chi connectivity index (χ2n) is 4.41. The molecule has 1 aromatic carbocycles. The zero-order valence-electron chi connectivity index (χ0n) is 9.66. The first-order valence-electron chi connectivity index (χ1n) is 5.87. The van der Waals surface area contributed by atoms with Gasteiger partial charge in [-0.1, -0.05) is 29.8 Å². The van der Waals surface area contributed by atoms with Crippen molar-refractivity contribution in [1.82, 2.24) is 5.32 Å². The molecular formula is C14H16ClNO. The van der Waals surface area contributed by atoms with E-state index in [0.29, 0.717) is 0 Å². The third kappa shape index (κ3) is 2.89. The Labute approximate surface area is 107 Å². The maximum Gasteiger partial charge on any atom is 0.223 e. The van der Waals surface area contributed by atoms with Gasteiger partial charge in [-0.05, 0) is 37.0 Å². The highest BCUT2D eigenvalue weighted by Gasteiger charge is 2.27. The lowest BCUT2D eigenvalue weighted by Crippen LogP contribution is -2.38. The minimum Gasteiger partial charge on any atom is -0.349 e. The molecule has 1 aromatic rings. The standard InChI is InChI=1S/C14H16ClNO/c1-2-3-11-6-9-13(16-14(11)17)10-4-7-12(15)8-5-10/h2,4-5,7-8,11,13H,1,3,6,9H2,(H,16,17). The van der Waals surface area contributed by atoms with Crippen LogP contribution >= 0.6 is 11.6 Å². The Balaban J connectivity index is 2.04. The number of carbonyl (C=O) groups excluding carboxylic acids is 1. The van der Waals surface area contributed by atoms with E-state index in [2.05, 4.69) is 11.9 Å². The van der Waals surface area contributed by atoms with Crippen molar-refractivity contribution < 1.29 is 4.79 Å². The van der Waals surface area contributed by atoms with Crippen molar-refractivity contribution in [1.29, 1.82) is 0 Å². The van der Waals surface area contributed by atoms with Gasteiger partial charge in [0.25, 0.3) is 0 Å². The van der Waals surface area contributed by atoms with Gasteiger partial charge in [0, 0.05) is 10.9 Å². The highest BCUT2D eigenvalue weighted by Crippen LogP contribution is 2.28. The normalized spacial score (nSPS) is 24.2. The zero-order chi connectivity index (χ0) is 12.3. The summed E-state index contributed by atoms with van der Waals surface area (Å²) in [5.74, 6) is 0.229. The minimum atomic E-state index is 0.0936. The van der Waals surface area contributed by atoms with Gasteiger partial charge in [-0.25, -0.2) is 0 Å². The van der Waals surface area contributed by atoms with E-state index in [0.717, 1.165) is 29.8 Å². The molecule has 1 fully saturated rings. The Morgan fingerprint density at radius 1 is 1.35 bits per heavy atom. The van der Waals surface area contributed by atoms with Gasteiger partial charge in [0.05, 0.1) is 6.04 Å². The predicted octanol–water partition coefficient (Wildman–Crippen LogP) is 3.48. The van der Waals surface area contributed by atoms with Crippen molar-refractivity contribution in [3.63, 3.8) is 0 Å². The summed E-state index contributed by atoms with van der Waals surface area (Å²) < 4.78 is 0. The third-order valence-electron chi connectivity index (χ3n) is 3.21. The molecule has 0 saturated carbocycles. The van der Waals surface area contributed by atoms with Crippen molar-refractivity contribution in [3.05, 3.63) is 47.5 Å². The van der Waals surface area contributed by atoms with E-state index in [1.165, 1.54) is 0 Å². The average molecular weight is 250 g/mol. The quantitative estimate of drug-likeness (QED) is 0.817. The molecule has 1 aliphatic heterocycles. The number of amides is 1. The Bertz CT molecular complexity index is 413. The molecular weight excluding hydrogens is 234 g/mol. The average Bonchev–Trinajstić information content (AvgIpc) is 2.33. The summed E-state index contributed by atoms with van der Waals surface area (Å²) in [6.07, 6.45) is 4.48. The molecule has 0 radical (unpaired) electrons. The molecule has 2 nitrogen and oxygen atoms in total. The van der Waals surface area contributed by atoms with Crippen LogP contribution in [0.3, 0.4) is 0 Å². The van der Waals surface area contributed by atoms with Crippen LogP contribution in [0, 0.1) is 5.92 Å². The predicted molar refractivity (Wildman–Crippen MR) is 69.9 cm³/mol. The van der Waals surface area contributed by atoms with Crippen LogP contribution in [0.2, 0.25) is 5.02 Å². The van der Waals surface area contributed by atoms with Gasteiger partial charge in [0.15, 0.2) is 0 Å². The molecule has 1 heterocycles. The Morgan fingerprint density at radius 3 is 2.65 bits per heavy atom. The lowest BCUT2D eigenvalue weighted by molar-refractivity contribution is -0.127. The zero-order valence-corrected chi connectivity index (χ0v) is 10.4. The first-order valence-corrected chi connectivity index (χ1v) is 6.25. The van der Waals surface area contributed by atoms with E-state index in [-0.39, 0.29) is 17.9 Å². The van der Waals surface area contributed by atoms with Crippen molar-refractivity contribution in [3.8, 4) is 0 Å². The lowest BCUT2D eigenvalue weighted by Gasteiger charge is -2.29. The number of nitrogens with one attached hydrogen (secondary N) is 1. The number of hydrogen-bond donors (Lipinski definition) is 1. The number of carbonyl (C=O) groups is 1. The highest BCUT2D eigenvalue weighted by atomic mass is 35.5. The summed E-state index contributed by atoms with van der Waals surface area (Å²) >= 11 is 5.85. The molecule has 2 unspecified atom stereocenters. The Kier molecular flexibility index (Phi) is 3.85. The number of benzene rings is 1. The molecule has 1 saturated heterocycles. The second-order valence-corrected chi connectivity index (χ2v) is 4.85. The van der Waals surface area contributed by atoms with Crippen LogP contribution in [-0.4, -0.2) is 5.91 Å². The van der Waals surface area contributed by atoms with Gasteiger partial charge in [0.1, 0.15) is 0 Å². The maximum atomic E-state index is 11.8. The van der Waals surface area contributed by atoms with Crippen LogP contribution in [0.25, 0.3) is 0 Å². The Hall–Kier alpha value is -1.28. The van der Waals surface area contributed by atoms with Gasteiger partial charge < -0.3 is 5.32 Å². The van der Waals surface area contributed by atoms with Crippen molar-refractivity contribution in [2.75, 3.05) is 0 Å². The lowest BCUT2D eigenvalue weighted by atomic mass is 9.88. The van der Waals surface area contributed by atoms with Gasteiger partial charge in [-0.2, -0.15) is 0 Å². The number of halogens is 1. The smallest absolute Gasteiger partial charge is 0.223 e. The molecule has 0 aliphatic carbocycles. The highest BCUT2D eigenvalue weighted by molar-refractivity contribution is 6.30. The topological polar surface area (TPSA) is 29.1 Å². The first-order chi connectivity index (χ1) is 8.20. The van der Waals surface area contributed by atoms with Crippen LogP contribution in [0.1, 0.15) is 30.9 Å².